The molecule has 2 aliphatic rings. The van der Waals surface area contributed by atoms with Crippen molar-refractivity contribution >= 4 is 11.6 Å². The zero-order chi connectivity index (χ0) is 13.2. The van der Waals surface area contributed by atoms with Crippen molar-refractivity contribution in [3.05, 3.63) is 29.8 Å². The number of rotatable bonds is 1. The van der Waals surface area contributed by atoms with Crippen molar-refractivity contribution in [2.75, 3.05) is 18.8 Å². The Morgan fingerprint density at radius 3 is 2.63 bits per heavy atom. The second-order valence-electron chi connectivity index (χ2n) is 5.93. The van der Waals surface area contributed by atoms with Gasteiger partial charge >= 0.3 is 0 Å². The molecule has 3 heteroatoms. The van der Waals surface area contributed by atoms with Gasteiger partial charge < -0.3 is 10.6 Å². The van der Waals surface area contributed by atoms with E-state index in [-0.39, 0.29) is 5.91 Å². The molecule has 3 nitrogen and oxygen atoms in total. The Bertz CT molecular complexity index is 472. The zero-order valence-electron chi connectivity index (χ0n) is 11.3. The maximum absolute atomic E-state index is 12.5. The van der Waals surface area contributed by atoms with E-state index in [2.05, 4.69) is 0 Å². The van der Waals surface area contributed by atoms with Crippen LogP contribution in [0.2, 0.25) is 0 Å². The van der Waals surface area contributed by atoms with Crippen LogP contribution in [0.4, 0.5) is 5.69 Å². The van der Waals surface area contributed by atoms with Crippen molar-refractivity contribution in [2.24, 2.45) is 11.8 Å². The van der Waals surface area contributed by atoms with Gasteiger partial charge in [0.05, 0.1) is 5.56 Å². The van der Waals surface area contributed by atoms with Gasteiger partial charge in [-0.3, -0.25) is 4.79 Å². The molecule has 2 N–H and O–H groups in total. The van der Waals surface area contributed by atoms with Crippen molar-refractivity contribution in [2.45, 2.75) is 32.1 Å². The Hall–Kier alpha value is -1.51. The van der Waals surface area contributed by atoms with E-state index in [1.54, 1.807) is 6.07 Å². The summed E-state index contributed by atoms with van der Waals surface area (Å²) < 4.78 is 0. The number of benzene rings is 1. The molecular weight excluding hydrogens is 236 g/mol. The number of nitrogens with two attached hydrogens (primary N) is 1. The van der Waals surface area contributed by atoms with Crippen LogP contribution in [0, 0.1) is 11.8 Å². The topological polar surface area (TPSA) is 46.3 Å². The number of piperidine rings is 1. The number of nitrogen functional groups attached to an aromatic ring is 1. The van der Waals surface area contributed by atoms with E-state index < -0.39 is 0 Å². The largest absolute Gasteiger partial charge is 0.398 e. The third-order valence-electron chi connectivity index (χ3n) is 4.77. The molecule has 102 valence electrons. The number of nitrogens with zero attached hydrogens (tertiary/aromatic N) is 1. The minimum Gasteiger partial charge on any atom is -0.398 e. The van der Waals surface area contributed by atoms with E-state index in [1.807, 2.05) is 23.1 Å². The van der Waals surface area contributed by atoms with Gasteiger partial charge in [0.2, 0.25) is 0 Å². The van der Waals surface area contributed by atoms with Crippen molar-refractivity contribution < 1.29 is 4.79 Å². The van der Waals surface area contributed by atoms with Gasteiger partial charge in [0, 0.05) is 18.8 Å². The first-order chi connectivity index (χ1) is 9.25. The molecule has 0 spiro atoms. The Labute approximate surface area is 114 Å². The fourth-order valence-electron chi connectivity index (χ4n) is 3.65. The molecular formula is C16H22N2O. The number of carbonyl (C=O) groups excluding carboxylic acids is 1. The van der Waals surface area contributed by atoms with E-state index in [1.165, 1.54) is 32.1 Å². The maximum atomic E-state index is 12.5. The molecule has 2 unspecified atom stereocenters. The summed E-state index contributed by atoms with van der Waals surface area (Å²) in [7, 11) is 0. The van der Waals surface area contributed by atoms with Gasteiger partial charge in [-0.25, -0.2) is 0 Å². The van der Waals surface area contributed by atoms with Gasteiger partial charge in [-0.1, -0.05) is 31.4 Å². The predicted molar refractivity (Wildman–Crippen MR) is 76.8 cm³/mol. The van der Waals surface area contributed by atoms with Gasteiger partial charge in [0.15, 0.2) is 0 Å². The fraction of sp³-hybridized carbons (Fsp3) is 0.562. The molecule has 3 rings (SSSR count). The Kier molecular flexibility index (Phi) is 3.45. The standard InChI is InChI=1S/C16H22N2O/c17-15-8-4-3-7-14(15)16(19)18-10-9-12-5-1-2-6-13(12)11-18/h3-4,7-8,12-13H,1-2,5-6,9-11,17H2. The smallest absolute Gasteiger partial charge is 0.255 e. The Morgan fingerprint density at radius 1 is 1.11 bits per heavy atom. The summed E-state index contributed by atoms with van der Waals surface area (Å²) in [5.74, 6) is 1.68. The van der Waals surface area contributed by atoms with E-state index in [0.717, 1.165) is 24.9 Å². The van der Waals surface area contributed by atoms with Crippen LogP contribution in [0.1, 0.15) is 42.5 Å². The number of hydrogen-bond donors (Lipinski definition) is 1. The Morgan fingerprint density at radius 2 is 1.84 bits per heavy atom. The first-order valence-corrected chi connectivity index (χ1v) is 7.39. The number of carbonyl (C=O) groups is 1. The van der Waals surface area contributed by atoms with E-state index in [0.29, 0.717) is 11.3 Å². The molecule has 1 saturated heterocycles. The van der Waals surface area contributed by atoms with Crippen LogP contribution in [-0.4, -0.2) is 23.9 Å². The number of likely N-dealkylation sites (tertiary alicyclic amines) is 1. The van der Waals surface area contributed by atoms with Gasteiger partial charge in [0.1, 0.15) is 0 Å². The van der Waals surface area contributed by atoms with Crippen molar-refractivity contribution in [3.8, 4) is 0 Å². The van der Waals surface area contributed by atoms with Gasteiger partial charge in [-0.05, 0) is 36.8 Å². The molecule has 1 aromatic rings. The fourth-order valence-corrected chi connectivity index (χ4v) is 3.65. The average Bonchev–Trinajstić information content (AvgIpc) is 2.46. The van der Waals surface area contributed by atoms with Gasteiger partial charge in [-0.15, -0.1) is 0 Å². The molecule has 0 radical (unpaired) electrons. The molecule has 19 heavy (non-hydrogen) atoms. The van der Waals surface area contributed by atoms with Crippen LogP contribution in [0.25, 0.3) is 0 Å². The van der Waals surface area contributed by atoms with Crippen LogP contribution < -0.4 is 5.73 Å². The normalized spacial score (nSPS) is 26.8. The molecule has 1 heterocycles. The third kappa shape index (κ3) is 2.46. The summed E-state index contributed by atoms with van der Waals surface area (Å²) >= 11 is 0. The zero-order valence-corrected chi connectivity index (χ0v) is 11.3. The van der Waals surface area contributed by atoms with E-state index in [4.69, 9.17) is 5.73 Å². The number of para-hydroxylation sites is 1. The summed E-state index contributed by atoms with van der Waals surface area (Å²) in [6.45, 7) is 1.83. The molecule has 1 amide bonds. The van der Waals surface area contributed by atoms with E-state index >= 15 is 0 Å². The highest BCUT2D eigenvalue weighted by atomic mass is 16.2. The number of hydrogen-bond acceptors (Lipinski definition) is 2. The molecule has 1 aromatic carbocycles. The molecule has 2 atom stereocenters. The van der Waals surface area contributed by atoms with Gasteiger partial charge in [0.25, 0.3) is 5.91 Å². The third-order valence-corrected chi connectivity index (χ3v) is 4.77. The quantitative estimate of drug-likeness (QED) is 0.787. The predicted octanol–water partition coefficient (Wildman–Crippen LogP) is 2.92. The first-order valence-electron chi connectivity index (χ1n) is 7.39. The minimum absolute atomic E-state index is 0.113. The van der Waals surface area contributed by atoms with Crippen LogP contribution in [-0.2, 0) is 0 Å². The summed E-state index contributed by atoms with van der Waals surface area (Å²) in [5, 5.41) is 0. The molecule has 1 aliphatic heterocycles. The highest BCUT2D eigenvalue weighted by Gasteiger charge is 2.33. The van der Waals surface area contributed by atoms with Crippen molar-refractivity contribution in [1.29, 1.82) is 0 Å². The average molecular weight is 258 g/mol. The lowest BCUT2D eigenvalue weighted by Crippen LogP contribution is -2.44. The van der Waals surface area contributed by atoms with E-state index in [9.17, 15) is 4.79 Å². The van der Waals surface area contributed by atoms with Crippen LogP contribution in [0.15, 0.2) is 24.3 Å². The highest BCUT2D eigenvalue weighted by Crippen LogP contribution is 2.36. The summed E-state index contributed by atoms with van der Waals surface area (Å²) in [5.41, 5.74) is 7.17. The Balaban J connectivity index is 1.73. The summed E-state index contributed by atoms with van der Waals surface area (Å²) in [4.78, 5) is 14.6. The van der Waals surface area contributed by atoms with Crippen molar-refractivity contribution in [3.63, 3.8) is 0 Å². The summed E-state index contributed by atoms with van der Waals surface area (Å²) in [6, 6.07) is 7.40. The summed E-state index contributed by atoms with van der Waals surface area (Å²) in [6.07, 6.45) is 6.53. The second-order valence-corrected chi connectivity index (χ2v) is 5.93. The second kappa shape index (κ2) is 5.24. The molecule has 0 bridgehead atoms. The molecule has 2 fully saturated rings. The van der Waals surface area contributed by atoms with Crippen LogP contribution in [0.5, 0.6) is 0 Å². The van der Waals surface area contributed by atoms with Crippen LogP contribution in [0.3, 0.4) is 0 Å². The number of anilines is 1. The number of amides is 1. The van der Waals surface area contributed by atoms with Crippen molar-refractivity contribution in [1.82, 2.24) is 4.90 Å². The SMILES string of the molecule is Nc1ccccc1C(=O)N1CCC2CCCCC2C1. The maximum Gasteiger partial charge on any atom is 0.255 e. The lowest BCUT2D eigenvalue weighted by atomic mass is 9.75. The monoisotopic (exact) mass is 258 g/mol. The molecule has 1 saturated carbocycles. The lowest BCUT2D eigenvalue weighted by Gasteiger charge is -2.41. The minimum atomic E-state index is 0.113. The number of fused-ring (bicyclic) bond motifs is 1. The molecule has 1 aliphatic carbocycles. The van der Waals surface area contributed by atoms with Crippen LogP contribution >= 0.6 is 0 Å². The lowest BCUT2D eigenvalue weighted by molar-refractivity contribution is 0.0522. The molecule has 0 aromatic heterocycles. The first kappa shape index (κ1) is 12.5. The highest BCUT2D eigenvalue weighted by molar-refractivity contribution is 5.99. The van der Waals surface area contributed by atoms with Gasteiger partial charge in [-0.2, -0.15) is 0 Å².